The third-order valence-electron chi connectivity index (χ3n) is 3.92. The maximum atomic E-state index is 12.2. The molecule has 142 valence electrons. The SMILES string of the molecule is C[C@H](OC(=O)CCc1ccc2c(c1)OCO2)C(=O)Nc1ccc(Br)cc1Br. The zero-order valence-electron chi connectivity index (χ0n) is 14.5. The largest absolute Gasteiger partial charge is 0.454 e. The van der Waals surface area contributed by atoms with E-state index in [1.54, 1.807) is 13.0 Å². The Labute approximate surface area is 173 Å². The molecule has 0 saturated heterocycles. The van der Waals surface area contributed by atoms with Crippen molar-refractivity contribution in [3.63, 3.8) is 0 Å². The smallest absolute Gasteiger partial charge is 0.306 e. The molecule has 0 aliphatic carbocycles. The number of halogens is 2. The molecule has 0 spiro atoms. The zero-order valence-corrected chi connectivity index (χ0v) is 17.6. The number of nitrogens with one attached hydrogen (secondary N) is 1. The summed E-state index contributed by atoms with van der Waals surface area (Å²) >= 11 is 6.73. The van der Waals surface area contributed by atoms with E-state index < -0.39 is 18.0 Å². The van der Waals surface area contributed by atoms with Gasteiger partial charge in [0.25, 0.3) is 5.91 Å². The van der Waals surface area contributed by atoms with Crippen LogP contribution in [0.2, 0.25) is 0 Å². The summed E-state index contributed by atoms with van der Waals surface area (Å²) in [6, 6.07) is 10.9. The molecule has 0 unspecified atom stereocenters. The van der Waals surface area contributed by atoms with Gasteiger partial charge < -0.3 is 19.5 Å². The highest BCUT2D eigenvalue weighted by atomic mass is 79.9. The van der Waals surface area contributed by atoms with Gasteiger partial charge in [0.1, 0.15) is 0 Å². The molecule has 6 nitrogen and oxygen atoms in total. The number of hydrogen-bond donors (Lipinski definition) is 1. The fourth-order valence-electron chi connectivity index (χ4n) is 2.48. The van der Waals surface area contributed by atoms with E-state index in [1.807, 2.05) is 30.3 Å². The van der Waals surface area contributed by atoms with Crippen molar-refractivity contribution in [2.45, 2.75) is 25.9 Å². The average Bonchev–Trinajstić information content (AvgIpc) is 3.10. The van der Waals surface area contributed by atoms with Crippen LogP contribution >= 0.6 is 31.9 Å². The van der Waals surface area contributed by atoms with Gasteiger partial charge in [-0.05, 0) is 65.2 Å². The van der Waals surface area contributed by atoms with Crippen LogP contribution in [0.5, 0.6) is 11.5 Å². The molecule has 1 atom stereocenters. The van der Waals surface area contributed by atoms with Gasteiger partial charge in [0.05, 0.1) is 5.69 Å². The Morgan fingerprint density at radius 1 is 1.15 bits per heavy atom. The van der Waals surface area contributed by atoms with Crippen LogP contribution in [-0.4, -0.2) is 24.8 Å². The van der Waals surface area contributed by atoms with E-state index >= 15 is 0 Å². The van der Waals surface area contributed by atoms with E-state index in [0.717, 1.165) is 14.5 Å². The number of rotatable bonds is 6. The lowest BCUT2D eigenvalue weighted by Gasteiger charge is -2.14. The molecule has 1 aliphatic heterocycles. The number of fused-ring (bicyclic) bond motifs is 1. The fraction of sp³-hybridized carbons (Fsp3) is 0.263. The summed E-state index contributed by atoms with van der Waals surface area (Å²) in [5.74, 6) is 0.541. The summed E-state index contributed by atoms with van der Waals surface area (Å²) in [6.45, 7) is 1.75. The maximum Gasteiger partial charge on any atom is 0.306 e. The molecule has 0 radical (unpaired) electrons. The van der Waals surface area contributed by atoms with E-state index in [2.05, 4.69) is 37.2 Å². The Morgan fingerprint density at radius 3 is 2.70 bits per heavy atom. The second kappa shape index (κ2) is 8.75. The molecule has 1 aliphatic rings. The Balaban J connectivity index is 1.48. The summed E-state index contributed by atoms with van der Waals surface area (Å²) in [7, 11) is 0. The summed E-state index contributed by atoms with van der Waals surface area (Å²) in [5.41, 5.74) is 1.54. The standard InChI is InChI=1S/C19H17Br2NO5/c1-11(19(24)22-15-5-4-13(20)9-14(15)21)27-18(23)7-3-12-2-6-16-17(8-12)26-10-25-16/h2,4-6,8-9,11H,3,7,10H2,1H3,(H,22,24)/t11-/m0/s1. The molecule has 0 bridgehead atoms. The van der Waals surface area contributed by atoms with Crippen LogP contribution in [-0.2, 0) is 20.7 Å². The maximum absolute atomic E-state index is 12.2. The molecule has 27 heavy (non-hydrogen) atoms. The molecule has 0 fully saturated rings. The number of esters is 1. The molecule has 2 aromatic rings. The van der Waals surface area contributed by atoms with E-state index in [-0.39, 0.29) is 13.2 Å². The van der Waals surface area contributed by atoms with Gasteiger partial charge in [0.15, 0.2) is 17.6 Å². The molecule has 1 amide bonds. The molecule has 8 heteroatoms. The zero-order chi connectivity index (χ0) is 19.4. The molecule has 3 rings (SSSR count). The van der Waals surface area contributed by atoms with Gasteiger partial charge in [0, 0.05) is 15.4 Å². The fourth-order valence-corrected chi connectivity index (χ4v) is 3.62. The van der Waals surface area contributed by atoms with Crippen molar-refractivity contribution in [2.24, 2.45) is 0 Å². The highest BCUT2D eigenvalue weighted by Crippen LogP contribution is 2.32. The van der Waals surface area contributed by atoms with E-state index in [4.69, 9.17) is 14.2 Å². The van der Waals surface area contributed by atoms with Crippen LogP contribution in [0.1, 0.15) is 18.9 Å². The predicted octanol–water partition coefficient (Wildman–Crippen LogP) is 4.44. The number of carbonyl (C=O) groups excluding carboxylic acids is 2. The highest BCUT2D eigenvalue weighted by molar-refractivity contribution is 9.11. The number of benzene rings is 2. The minimum absolute atomic E-state index is 0.166. The van der Waals surface area contributed by atoms with Crippen LogP contribution < -0.4 is 14.8 Å². The van der Waals surface area contributed by atoms with Gasteiger partial charge in [0.2, 0.25) is 6.79 Å². The first-order chi connectivity index (χ1) is 12.9. The predicted molar refractivity (Wildman–Crippen MR) is 107 cm³/mol. The summed E-state index contributed by atoms with van der Waals surface area (Å²) < 4.78 is 17.4. The number of hydrogen-bond acceptors (Lipinski definition) is 5. The lowest BCUT2D eigenvalue weighted by molar-refractivity contribution is -0.153. The van der Waals surface area contributed by atoms with Crippen molar-refractivity contribution in [3.8, 4) is 11.5 Å². The highest BCUT2D eigenvalue weighted by Gasteiger charge is 2.19. The number of carbonyl (C=O) groups is 2. The van der Waals surface area contributed by atoms with Crippen LogP contribution in [0.15, 0.2) is 45.3 Å². The summed E-state index contributed by atoms with van der Waals surface area (Å²) in [4.78, 5) is 24.3. The summed E-state index contributed by atoms with van der Waals surface area (Å²) in [6.07, 6.45) is -0.244. The molecule has 1 N–H and O–H groups in total. The molecule has 0 saturated carbocycles. The Morgan fingerprint density at radius 2 is 1.93 bits per heavy atom. The van der Waals surface area contributed by atoms with E-state index in [9.17, 15) is 9.59 Å². The van der Waals surface area contributed by atoms with Gasteiger partial charge in [-0.1, -0.05) is 22.0 Å². The summed E-state index contributed by atoms with van der Waals surface area (Å²) in [5, 5.41) is 2.73. The van der Waals surface area contributed by atoms with Crippen molar-refractivity contribution in [2.75, 3.05) is 12.1 Å². The lowest BCUT2D eigenvalue weighted by atomic mass is 10.1. The van der Waals surface area contributed by atoms with Crippen molar-refractivity contribution < 1.29 is 23.8 Å². The van der Waals surface area contributed by atoms with Crippen LogP contribution in [0.4, 0.5) is 5.69 Å². The van der Waals surface area contributed by atoms with Crippen molar-refractivity contribution in [1.82, 2.24) is 0 Å². The first-order valence-electron chi connectivity index (χ1n) is 8.26. The van der Waals surface area contributed by atoms with Crippen molar-refractivity contribution in [3.05, 3.63) is 50.9 Å². The van der Waals surface area contributed by atoms with Gasteiger partial charge in [-0.25, -0.2) is 0 Å². The minimum atomic E-state index is -0.898. The first-order valence-corrected chi connectivity index (χ1v) is 9.85. The van der Waals surface area contributed by atoms with Crippen LogP contribution in [0, 0.1) is 0 Å². The third-order valence-corrected chi connectivity index (χ3v) is 5.07. The van der Waals surface area contributed by atoms with E-state index in [1.165, 1.54) is 0 Å². The quantitative estimate of drug-likeness (QED) is 0.596. The monoisotopic (exact) mass is 497 g/mol. The van der Waals surface area contributed by atoms with Crippen molar-refractivity contribution >= 4 is 49.4 Å². The third kappa shape index (κ3) is 5.23. The van der Waals surface area contributed by atoms with E-state index in [0.29, 0.717) is 23.6 Å². The number of ether oxygens (including phenoxy) is 3. The van der Waals surface area contributed by atoms with Gasteiger partial charge >= 0.3 is 5.97 Å². The number of anilines is 1. The molecule has 0 aromatic heterocycles. The Bertz CT molecular complexity index is 871. The van der Waals surface area contributed by atoms with Crippen LogP contribution in [0.3, 0.4) is 0 Å². The second-order valence-corrected chi connectivity index (χ2v) is 7.70. The molecular weight excluding hydrogens is 482 g/mol. The average molecular weight is 499 g/mol. The molecule has 2 aromatic carbocycles. The first kappa shape index (κ1) is 19.7. The molecule has 1 heterocycles. The van der Waals surface area contributed by atoms with Gasteiger partial charge in [-0.3, -0.25) is 9.59 Å². The molecular formula is C19H17Br2NO5. The number of amides is 1. The van der Waals surface area contributed by atoms with Crippen LogP contribution in [0.25, 0.3) is 0 Å². The number of aryl methyl sites for hydroxylation is 1. The topological polar surface area (TPSA) is 73.9 Å². The van der Waals surface area contributed by atoms with Gasteiger partial charge in [-0.2, -0.15) is 0 Å². The minimum Gasteiger partial charge on any atom is -0.454 e. The Kier molecular flexibility index (Phi) is 6.38. The lowest BCUT2D eigenvalue weighted by Crippen LogP contribution is -2.30. The van der Waals surface area contributed by atoms with Gasteiger partial charge in [-0.15, -0.1) is 0 Å². The van der Waals surface area contributed by atoms with Crippen molar-refractivity contribution in [1.29, 1.82) is 0 Å². The normalized spacial score (nSPS) is 13.1. The second-order valence-electron chi connectivity index (χ2n) is 5.93. The Hall–Kier alpha value is -2.06.